The monoisotopic (exact) mass is 329 g/mol. The van der Waals surface area contributed by atoms with E-state index in [1.165, 1.54) is 51.4 Å². The zero-order valence-corrected chi connectivity index (χ0v) is 17.6. The average molecular weight is 330 g/mol. The first kappa shape index (κ1) is 22.3. The van der Waals surface area contributed by atoms with Crippen molar-refractivity contribution in [1.29, 1.82) is 0 Å². The molecule has 0 aliphatic heterocycles. The number of unbranched alkanes of at least 4 members (excludes halogenated alkanes) is 9. The standard InChI is InChI=1S/C19H30O2.K/c1-2-3-4-5-6-7-8-9-10-14-17-21-19(20)18-15-12-11-13-16-18;/h11-13,15-16H,2-10,14,17H2,1H3;. The Balaban J connectivity index is 0.00000441. The van der Waals surface area contributed by atoms with Crippen molar-refractivity contribution >= 4 is 57.4 Å². The van der Waals surface area contributed by atoms with Gasteiger partial charge in [-0.25, -0.2) is 4.79 Å². The molecule has 0 saturated carbocycles. The maximum absolute atomic E-state index is 11.7. The number of ether oxygens (including phenoxy) is 1. The van der Waals surface area contributed by atoms with Crippen molar-refractivity contribution in [1.82, 2.24) is 0 Å². The van der Waals surface area contributed by atoms with E-state index < -0.39 is 0 Å². The quantitative estimate of drug-likeness (QED) is 0.292. The fourth-order valence-electron chi connectivity index (χ4n) is 2.41. The van der Waals surface area contributed by atoms with Crippen molar-refractivity contribution in [2.75, 3.05) is 6.61 Å². The zero-order valence-electron chi connectivity index (χ0n) is 14.5. The minimum Gasteiger partial charge on any atom is -0.462 e. The minimum atomic E-state index is -0.202. The van der Waals surface area contributed by atoms with E-state index in [1.807, 2.05) is 18.2 Å². The van der Waals surface area contributed by atoms with Gasteiger partial charge in [-0.1, -0.05) is 82.9 Å². The molecule has 0 spiro atoms. The number of hydrogen-bond donors (Lipinski definition) is 0. The molecule has 1 radical (unpaired) electrons. The molecule has 0 aliphatic rings. The summed E-state index contributed by atoms with van der Waals surface area (Å²) < 4.78 is 5.26. The summed E-state index contributed by atoms with van der Waals surface area (Å²) in [6, 6.07) is 9.20. The Morgan fingerprint density at radius 3 is 1.86 bits per heavy atom. The van der Waals surface area contributed by atoms with Crippen LogP contribution >= 0.6 is 0 Å². The maximum atomic E-state index is 11.7. The van der Waals surface area contributed by atoms with Crippen LogP contribution in [0.4, 0.5) is 0 Å². The summed E-state index contributed by atoms with van der Waals surface area (Å²) in [5, 5.41) is 0. The van der Waals surface area contributed by atoms with E-state index in [0.717, 1.165) is 12.8 Å². The van der Waals surface area contributed by atoms with Gasteiger partial charge in [0.25, 0.3) is 0 Å². The Labute approximate surface area is 178 Å². The van der Waals surface area contributed by atoms with E-state index in [9.17, 15) is 4.79 Å². The Morgan fingerprint density at radius 2 is 1.32 bits per heavy atom. The van der Waals surface area contributed by atoms with E-state index in [0.29, 0.717) is 12.2 Å². The summed E-state index contributed by atoms with van der Waals surface area (Å²) in [5.74, 6) is -0.202. The van der Waals surface area contributed by atoms with Crippen molar-refractivity contribution in [2.24, 2.45) is 0 Å². The number of carbonyl (C=O) groups excluding carboxylic acids is 1. The van der Waals surface area contributed by atoms with E-state index in [4.69, 9.17) is 4.74 Å². The first-order valence-corrected chi connectivity index (χ1v) is 8.56. The van der Waals surface area contributed by atoms with E-state index >= 15 is 0 Å². The third-order valence-corrected chi connectivity index (χ3v) is 3.74. The smallest absolute Gasteiger partial charge is 0.338 e. The number of benzene rings is 1. The van der Waals surface area contributed by atoms with Crippen LogP contribution in [-0.4, -0.2) is 64.0 Å². The molecule has 0 unspecified atom stereocenters. The Bertz CT molecular complexity index is 365. The molecule has 1 rings (SSSR count). The van der Waals surface area contributed by atoms with Gasteiger partial charge in [0, 0.05) is 51.4 Å². The van der Waals surface area contributed by atoms with Crippen molar-refractivity contribution in [3.63, 3.8) is 0 Å². The molecule has 0 atom stereocenters. The molecular formula is C19H30KO2. The third kappa shape index (κ3) is 11.8. The van der Waals surface area contributed by atoms with Gasteiger partial charge in [0.05, 0.1) is 12.2 Å². The number of hydrogen-bond acceptors (Lipinski definition) is 2. The summed E-state index contributed by atoms with van der Waals surface area (Å²) in [6.07, 6.45) is 12.9. The van der Waals surface area contributed by atoms with Crippen LogP contribution in [-0.2, 0) is 4.74 Å². The molecule has 1 aromatic rings. The summed E-state index contributed by atoms with van der Waals surface area (Å²) >= 11 is 0. The maximum Gasteiger partial charge on any atom is 0.338 e. The van der Waals surface area contributed by atoms with Crippen LogP contribution in [0, 0.1) is 0 Å². The van der Waals surface area contributed by atoms with Gasteiger partial charge in [0.2, 0.25) is 0 Å². The summed E-state index contributed by atoms with van der Waals surface area (Å²) in [6.45, 7) is 2.80. The van der Waals surface area contributed by atoms with Crippen molar-refractivity contribution in [3.05, 3.63) is 35.9 Å². The predicted octanol–water partition coefficient (Wildman–Crippen LogP) is 5.38. The van der Waals surface area contributed by atoms with Crippen LogP contribution in [0.15, 0.2) is 30.3 Å². The van der Waals surface area contributed by atoms with Crippen LogP contribution in [0.5, 0.6) is 0 Å². The topological polar surface area (TPSA) is 26.3 Å². The van der Waals surface area contributed by atoms with E-state index in [2.05, 4.69) is 6.92 Å². The number of esters is 1. The normalized spacial score (nSPS) is 10.0. The van der Waals surface area contributed by atoms with Crippen LogP contribution < -0.4 is 0 Å². The zero-order chi connectivity index (χ0) is 15.2. The third-order valence-electron chi connectivity index (χ3n) is 3.74. The Morgan fingerprint density at radius 1 is 0.818 bits per heavy atom. The molecule has 2 nitrogen and oxygen atoms in total. The van der Waals surface area contributed by atoms with Gasteiger partial charge in [0.1, 0.15) is 0 Å². The van der Waals surface area contributed by atoms with Crippen molar-refractivity contribution in [3.8, 4) is 0 Å². The average Bonchev–Trinajstić information content (AvgIpc) is 2.53. The fraction of sp³-hybridized carbons (Fsp3) is 0.632. The van der Waals surface area contributed by atoms with Crippen LogP contribution in [0.1, 0.15) is 81.5 Å². The Hall–Kier alpha value is 0.326. The molecule has 119 valence electrons. The van der Waals surface area contributed by atoms with E-state index in [-0.39, 0.29) is 57.4 Å². The van der Waals surface area contributed by atoms with Gasteiger partial charge in [-0.2, -0.15) is 0 Å². The molecule has 1 aromatic carbocycles. The van der Waals surface area contributed by atoms with Gasteiger partial charge in [-0.05, 0) is 18.6 Å². The second-order valence-electron chi connectivity index (χ2n) is 5.68. The molecule has 0 aliphatic carbocycles. The van der Waals surface area contributed by atoms with Crippen molar-refractivity contribution in [2.45, 2.75) is 71.1 Å². The largest absolute Gasteiger partial charge is 0.462 e. The molecule has 3 heteroatoms. The summed E-state index contributed by atoms with van der Waals surface area (Å²) in [4.78, 5) is 11.7. The molecule has 0 aromatic heterocycles. The van der Waals surface area contributed by atoms with Crippen LogP contribution in [0.3, 0.4) is 0 Å². The first-order valence-electron chi connectivity index (χ1n) is 8.56. The minimum absolute atomic E-state index is 0. The SMILES string of the molecule is CCCCCCCCCCCCOC(=O)c1ccccc1.[K]. The molecule has 0 fully saturated rings. The first-order chi connectivity index (χ1) is 10.3. The molecule has 0 bridgehead atoms. The van der Waals surface area contributed by atoms with Gasteiger partial charge in [-0.3, -0.25) is 0 Å². The second kappa shape index (κ2) is 16.2. The van der Waals surface area contributed by atoms with Gasteiger partial charge in [-0.15, -0.1) is 0 Å². The fourth-order valence-corrected chi connectivity index (χ4v) is 2.41. The van der Waals surface area contributed by atoms with Gasteiger partial charge < -0.3 is 4.74 Å². The van der Waals surface area contributed by atoms with Gasteiger partial charge >= 0.3 is 5.97 Å². The van der Waals surface area contributed by atoms with Crippen LogP contribution in [0.25, 0.3) is 0 Å². The molecule has 0 saturated heterocycles. The number of rotatable bonds is 12. The number of carbonyl (C=O) groups is 1. The molecular weight excluding hydrogens is 299 g/mol. The molecule has 0 N–H and O–H groups in total. The van der Waals surface area contributed by atoms with Crippen LogP contribution in [0.2, 0.25) is 0 Å². The van der Waals surface area contributed by atoms with E-state index in [1.54, 1.807) is 12.1 Å². The summed E-state index contributed by atoms with van der Waals surface area (Å²) in [5.41, 5.74) is 0.643. The predicted molar refractivity (Wildman–Crippen MR) is 94.3 cm³/mol. The van der Waals surface area contributed by atoms with Gasteiger partial charge in [0.15, 0.2) is 0 Å². The summed E-state index contributed by atoms with van der Waals surface area (Å²) in [7, 11) is 0. The molecule has 0 heterocycles. The van der Waals surface area contributed by atoms with Crippen molar-refractivity contribution < 1.29 is 9.53 Å². The molecule has 22 heavy (non-hydrogen) atoms. The Kier molecular flexibility index (Phi) is 16.4. The second-order valence-corrected chi connectivity index (χ2v) is 5.68. The molecule has 0 amide bonds.